The van der Waals surface area contributed by atoms with Crippen molar-refractivity contribution in [1.82, 2.24) is 9.97 Å². The molecule has 0 spiro atoms. The van der Waals surface area contributed by atoms with E-state index < -0.39 is 0 Å². The molecule has 2 unspecified atom stereocenters. The number of pyridine rings is 2. The molecule has 3 aromatic rings. The molecule has 1 aromatic carbocycles. The summed E-state index contributed by atoms with van der Waals surface area (Å²) in [5.41, 5.74) is 3.72. The van der Waals surface area contributed by atoms with E-state index in [4.69, 9.17) is 11.6 Å². The first-order valence-electron chi connectivity index (χ1n) is 12.2. The van der Waals surface area contributed by atoms with Gasteiger partial charge in [-0.2, -0.15) is 0 Å². The third-order valence-corrected chi connectivity index (χ3v) is 8.02. The van der Waals surface area contributed by atoms with Gasteiger partial charge < -0.3 is 15.2 Å². The lowest BCUT2D eigenvalue weighted by Crippen LogP contribution is -2.34. The summed E-state index contributed by atoms with van der Waals surface area (Å²) in [4.78, 5) is 22.5. The second-order valence-corrected chi connectivity index (χ2v) is 10.3. The lowest BCUT2D eigenvalue weighted by Gasteiger charge is -2.32. The Morgan fingerprint density at radius 1 is 1.15 bits per heavy atom. The number of aromatic amines is 1. The highest BCUT2D eigenvalue weighted by atomic mass is 35.5. The van der Waals surface area contributed by atoms with E-state index >= 15 is 0 Å². The summed E-state index contributed by atoms with van der Waals surface area (Å²) in [6.45, 7) is 7.49. The van der Waals surface area contributed by atoms with Crippen LogP contribution < -0.4 is 15.8 Å². The minimum atomic E-state index is -0.0529. The molecule has 2 saturated carbocycles. The Bertz CT molecular complexity index is 1220. The fraction of sp³-hybridized carbons (Fsp3) is 0.481. The number of aryl methyl sites for hydroxylation is 2. The lowest BCUT2D eigenvalue weighted by atomic mass is 10.0. The van der Waals surface area contributed by atoms with Gasteiger partial charge in [0, 0.05) is 58.1 Å². The molecule has 0 bridgehead atoms. The van der Waals surface area contributed by atoms with Gasteiger partial charge >= 0.3 is 0 Å². The molecule has 2 fully saturated rings. The quantitative estimate of drug-likeness (QED) is 0.455. The average molecular weight is 465 g/mol. The van der Waals surface area contributed by atoms with Crippen LogP contribution in [-0.2, 0) is 6.54 Å². The number of anilines is 2. The topological polar surface area (TPSA) is 61.0 Å². The highest BCUT2D eigenvalue weighted by Gasteiger charge is 2.39. The highest BCUT2D eigenvalue weighted by molar-refractivity contribution is 6.32. The van der Waals surface area contributed by atoms with Crippen LogP contribution in [0, 0.1) is 25.7 Å². The smallest absolute Gasteiger partial charge is 0.253 e. The number of aromatic nitrogens is 2. The van der Waals surface area contributed by atoms with Gasteiger partial charge in [0.05, 0.1) is 0 Å². The van der Waals surface area contributed by atoms with Crippen LogP contribution in [-0.4, -0.2) is 22.6 Å². The maximum Gasteiger partial charge on any atom is 0.253 e. The van der Waals surface area contributed by atoms with Crippen molar-refractivity contribution in [2.45, 2.75) is 65.5 Å². The molecule has 0 saturated heterocycles. The third kappa shape index (κ3) is 4.23. The zero-order valence-corrected chi connectivity index (χ0v) is 20.5. The number of nitrogens with zero attached hydrogens (tertiary/aromatic N) is 2. The first kappa shape index (κ1) is 22.3. The largest absolute Gasteiger partial charge is 0.368 e. The molecule has 0 aliphatic heterocycles. The van der Waals surface area contributed by atoms with E-state index in [-0.39, 0.29) is 5.56 Å². The molecule has 174 valence electrons. The molecule has 5 nitrogen and oxygen atoms in total. The van der Waals surface area contributed by atoms with Gasteiger partial charge in [-0.05, 0) is 75.3 Å². The highest BCUT2D eigenvalue weighted by Crippen LogP contribution is 2.47. The van der Waals surface area contributed by atoms with E-state index in [0.717, 1.165) is 56.8 Å². The molecule has 5 rings (SSSR count). The Balaban J connectivity index is 1.48. The number of fused-ring (bicyclic) bond motifs is 2. The first-order chi connectivity index (χ1) is 15.9. The van der Waals surface area contributed by atoms with Crippen molar-refractivity contribution in [3.63, 3.8) is 0 Å². The van der Waals surface area contributed by atoms with Crippen LogP contribution in [0.5, 0.6) is 0 Å². The second-order valence-electron chi connectivity index (χ2n) is 9.84. The summed E-state index contributed by atoms with van der Waals surface area (Å²) in [5, 5.41) is 6.28. The summed E-state index contributed by atoms with van der Waals surface area (Å²) in [6, 6.07) is 8.76. The Morgan fingerprint density at radius 2 is 1.91 bits per heavy atom. The fourth-order valence-corrected chi connectivity index (χ4v) is 6.50. The number of hydrogen-bond acceptors (Lipinski definition) is 4. The van der Waals surface area contributed by atoms with Crippen molar-refractivity contribution in [2.24, 2.45) is 11.8 Å². The van der Waals surface area contributed by atoms with Crippen molar-refractivity contribution in [3.8, 4) is 0 Å². The molecule has 0 radical (unpaired) electrons. The zero-order chi connectivity index (χ0) is 23.1. The SMILES string of the molecule is CCN(c1cc(Cl)cc2c(NCc3c(C)cc(C)[nH]c3=O)nccc12)C1CC2CCCC2C1. The van der Waals surface area contributed by atoms with Crippen molar-refractivity contribution < 1.29 is 0 Å². The maximum atomic E-state index is 12.5. The lowest BCUT2D eigenvalue weighted by molar-refractivity contribution is 0.457. The van der Waals surface area contributed by atoms with Crippen LogP contribution in [0.25, 0.3) is 10.8 Å². The number of halogens is 1. The summed E-state index contributed by atoms with van der Waals surface area (Å²) in [5.74, 6) is 2.54. The van der Waals surface area contributed by atoms with Gasteiger partial charge in [0.1, 0.15) is 5.82 Å². The Kier molecular flexibility index (Phi) is 6.09. The summed E-state index contributed by atoms with van der Waals surface area (Å²) >= 11 is 6.65. The van der Waals surface area contributed by atoms with Gasteiger partial charge in [-0.15, -0.1) is 0 Å². The second kappa shape index (κ2) is 9.02. The number of benzene rings is 1. The summed E-state index contributed by atoms with van der Waals surface area (Å²) in [7, 11) is 0. The predicted molar refractivity (Wildman–Crippen MR) is 137 cm³/mol. The van der Waals surface area contributed by atoms with Gasteiger partial charge in [0.2, 0.25) is 0 Å². The van der Waals surface area contributed by atoms with Crippen LogP contribution in [0.15, 0.2) is 35.3 Å². The van der Waals surface area contributed by atoms with Crippen molar-refractivity contribution in [1.29, 1.82) is 0 Å². The summed E-state index contributed by atoms with van der Waals surface area (Å²) in [6.07, 6.45) is 8.62. The Hall–Kier alpha value is -2.53. The number of hydrogen-bond donors (Lipinski definition) is 2. The van der Waals surface area contributed by atoms with Crippen molar-refractivity contribution >= 4 is 33.9 Å². The number of rotatable bonds is 6. The minimum Gasteiger partial charge on any atom is -0.368 e. The van der Waals surface area contributed by atoms with Gasteiger partial charge in [0.25, 0.3) is 5.56 Å². The monoisotopic (exact) mass is 464 g/mol. The van der Waals surface area contributed by atoms with Gasteiger partial charge in [-0.3, -0.25) is 4.79 Å². The molecular weight excluding hydrogens is 432 g/mol. The molecule has 33 heavy (non-hydrogen) atoms. The van der Waals surface area contributed by atoms with Crippen LogP contribution >= 0.6 is 11.6 Å². The standard InChI is InChI=1S/C27H33ClN4O/c1-4-32(21-11-18-6-5-7-19(18)12-21)25-14-20(28)13-23-22(25)8-9-29-26(23)30-15-24-16(2)10-17(3)31-27(24)33/h8-10,13-14,18-19,21H,4-7,11-12,15H2,1-3H3,(H,29,30)(H,31,33). The molecule has 2 heterocycles. The minimum absolute atomic E-state index is 0.0529. The molecule has 2 aliphatic rings. The zero-order valence-electron chi connectivity index (χ0n) is 19.7. The molecule has 2 aliphatic carbocycles. The van der Waals surface area contributed by atoms with E-state index in [0.29, 0.717) is 12.6 Å². The Labute approximate surface area is 200 Å². The molecule has 2 atom stereocenters. The predicted octanol–water partition coefficient (Wildman–Crippen LogP) is 6.21. The van der Waals surface area contributed by atoms with Crippen molar-refractivity contribution in [3.05, 3.63) is 62.7 Å². The number of nitrogens with one attached hydrogen (secondary N) is 2. The van der Waals surface area contributed by atoms with E-state index in [2.05, 4.69) is 39.2 Å². The van der Waals surface area contributed by atoms with Crippen LogP contribution in [0.4, 0.5) is 11.5 Å². The van der Waals surface area contributed by atoms with E-state index in [9.17, 15) is 4.79 Å². The normalized spacial score (nSPS) is 22.0. The van der Waals surface area contributed by atoms with Crippen LogP contribution in [0.3, 0.4) is 0 Å². The van der Waals surface area contributed by atoms with E-state index in [1.807, 2.05) is 32.2 Å². The maximum absolute atomic E-state index is 12.5. The third-order valence-electron chi connectivity index (χ3n) is 7.81. The average Bonchev–Trinajstić information content (AvgIpc) is 3.36. The van der Waals surface area contributed by atoms with Crippen LogP contribution in [0.2, 0.25) is 5.02 Å². The Morgan fingerprint density at radius 3 is 2.61 bits per heavy atom. The fourth-order valence-electron chi connectivity index (χ4n) is 6.29. The molecule has 6 heteroatoms. The molecule has 0 amide bonds. The van der Waals surface area contributed by atoms with Crippen LogP contribution in [0.1, 0.15) is 55.8 Å². The molecular formula is C27H33ClN4O. The van der Waals surface area contributed by atoms with Crippen molar-refractivity contribution in [2.75, 3.05) is 16.8 Å². The molecule has 2 N–H and O–H groups in total. The summed E-state index contributed by atoms with van der Waals surface area (Å²) < 4.78 is 0. The number of H-pyrrole nitrogens is 1. The first-order valence-corrected chi connectivity index (χ1v) is 12.6. The van der Waals surface area contributed by atoms with Gasteiger partial charge in [-0.1, -0.05) is 30.9 Å². The van der Waals surface area contributed by atoms with Gasteiger partial charge in [-0.25, -0.2) is 4.98 Å². The van der Waals surface area contributed by atoms with Gasteiger partial charge in [0.15, 0.2) is 0 Å². The van der Waals surface area contributed by atoms with E-state index in [1.165, 1.54) is 37.8 Å². The van der Waals surface area contributed by atoms with E-state index in [1.54, 1.807) is 0 Å². The molecule has 2 aromatic heterocycles.